The predicted molar refractivity (Wildman–Crippen MR) is 109 cm³/mol. The molecule has 0 aliphatic carbocycles. The predicted octanol–water partition coefficient (Wildman–Crippen LogP) is -2.35. The van der Waals surface area contributed by atoms with Crippen molar-refractivity contribution in [2.75, 3.05) is 52.6 Å². The van der Waals surface area contributed by atoms with Gasteiger partial charge in [-0.25, -0.2) is 0 Å². The number of aliphatic hydroxyl groups excluding tert-OH is 4. The maximum Gasteiger partial charge on any atom is 0.254 e. The summed E-state index contributed by atoms with van der Waals surface area (Å²) in [6.07, 6.45) is -4.41. The van der Waals surface area contributed by atoms with Crippen molar-refractivity contribution in [1.82, 2.24) is 9.80 Å². The molecule has 2 fully saturated rings. The van der Waals surface area contributed by atoms with Crippen molar-refractivity contribution in [1.29, 1.82) is 0 Å². The summed E-state index contributed by atoms with van der Waals surface area (Å²) in [6, 6.07) is 0. The number of rotatable bonds is 11. The van der Waals surface area contributed by atoms with Gasteiger partial charge in [-0.05, 0) is 27.7 Å². The SMILES string of the molecule is CC1(C)OC(C2OC(C)(C)O[C@H]2C(=O)N(CCO)CCO)[C@@H](C(=O)N(CCO)CCO)O1. The van der Waals surface area contributed by atoms with E-state index in [1.54, 1.807) is 27.7 Å². The summed E-state index contributed by atoms with van der Waals surface area (Å²) in [4.78, 5) is 28.9. The summed E-state index contributed by atoms with van der Waals surface area (Å²) in [5.41, 5.74) is 0. The molecule has 0 aromatic rings. The first-order valence-corrected chi connectivity index (χ1v) is 10.7. The Balaban J connectivity index is 2.35. The second kappa shape index (κ2) is 11.2. The Morgan fingerprint density at radius 2 is 0.906 bits per heavy atom. The van der Waals surface area contributed by atoms with Crippen LogP contribution in [0.4, 0.5) is 0 Å². The second-order valence-electron chi connectivity index (χ2n) is 8.59. The third kappa shape index (κ3) is 6.35. The minimum absolute atomic E-state index is 0.0109. The Morgan fingerprint density at radius 3 is 1.16 bits per heavy atom. The molecule has 186 valence electrons. The van der Waals surface area contributed by atoms with E-state index in [-0.39, 0.29) is 52.6 Å². The molecule has 0 bridgehead atoms. The number of carbonyl (C=O) groups is 2. The molecule has 0 spiro atoms. The Bertz CT molecular complexity index is 578. The van der Waals surface area contributed by atoms with Gasteiger partial charge >= 0.3 is 0 Å². The molecular weight excluding hydrogens is 428 g/mol. The van der Waals surface area contributed by atoms with E-state index in [4.69, 9.17) is 18.9 Å². The van der Waals surface area contributed by atoms with Crippen LogP contribution in [0.5, 0.6) is 0 Å². The molecule has 12 heteroatoms. The Kier molecular flexibility index (Phi) is 9.37. The summed E-state index contributed by atoms with van der Waals surface area (Å²) in [6.45, 7) is 5.23. The van der Waals surface area contributed by atoms with Gasteiger partial charge in [0.25, 0.3) is 11.8 Å². The fourth-order valence-corrected chi connectivity index (χ4v) is 3.95. The molecule has 4 N–H and O–H groups in total. The summed E-state index contributed by atoms with van der Waals surface area (Å²) in [5, 5.41) is 37.2. The van der Waals surface area contributed by atoms with Crippen molar-refractivity contribution >= 4 is 11.8 Å². The van der Waals surface area contributed by atoms with Crippen LogP contribution < -0.4 is 0 Å². The lowest BCUT2D eigenvalue weighted by molar-refractivity contribution is -0.176. The summed E-state index contributed by atoms with van der Waals surface area (Å²) in [5.74, 6) is -3.39. The molecule has 0 radical (unpaired) electrons. The minimum Gasteiger partial charge on any atom is -0.395 e. The van der Waals surface area contributed by atoms with E-state index in [1.807, 2.05) is 0 Å². The largest absolute Gasteiger partial charge is 0.395 e. The number of amides is 2. The van der Waals surface area contributed by atoms with E-state index >= 15 is 0 Å². The molecule has 2 unspecified atom stereocenters. The Hall–Kier alpha value is -1.38. The number of aliphatic hydroxyl groups is 4. The molecule has 12 nitrogen and oxygen atoms in total. The lowest BCUT2D eigenvalue weighted by Gasteiger charge is -2.30. The zero-order chi connectivity index (χ0) is 24.1. The van der Waals surface area contributed by atoms with Crippen molar-refractivity contribution in [3.8, 4) is 0 Å². The zero-order valence-electron chi connectivity index (χ0n) is 19.1. The monoisotopic (exact) mass is 464 g/mol. The van der Waals surface area contributed by atoms with E-state index in [9.17, 15) is 30.0 Å². The molecule has 2 aliphatic rings. The fourth-order valence-electron chi connectivity index (χ4n) is 3.95. The van der Waals surface area contributed by atoms with Gasteiger partial charge in [0.05, 0.1) is 26.4 Å². The average Bonchev–Trinajstić information content (AvgIpc) is 3.21. The highest BCUT2D eigenvalue weighted by Crippen LogP contribution is 2.39. The van der Waals surface area contributed by atoms with Gasteiger partial charge in [-0.3, -0.25) is 9.59 Å². The molecule has 2 saturated heterocycles. The molecule has 4 atom stereocenters. The van der Waals surface area contributed by atoms with Crippen LogP contribution in [0.15, 0.2) is 0 Å². The molecule has 2 heterocycles. The lowest BCUT2D eigenvalue weighted by atomic mass is 10.0. The van der Waals surface area contributed by atoms with Crippen LogP contribution in [0.2, 0.25) is 0 Å². The molecular formula is C20H36N2O10. The van der Waals surface area contributed by atoms with Gasteiger partial charge < -0.3 is 49.2 Å². The molecule has 0 aromatic carbocycles. The number of hydrogen-bond donors (Lipinski definition) is 4. The lowest BCUT2D eigenvalue weighted by Crippen LogP contribution is -2.54. The van der Waals surface area contributed by atoms with Gasteiger partial charge in [-0.2, -0.15) is 0 Å². The molecule has 32 heavy (non-hydrogen) atoms. The maximum absolute atomic E-state index is 13.2. The first-order chi connectivity index (χ1) is 15.0. The van der Waals surface area contributed by atoms with Crippen LogP contribution in [0, 0.1) is 0 Å². The van der Waals surface area contributed by atoms with Gasteiger partial charge in [-0.1, -0.05) is 0 Å². The van der Waals surface area contributed by atoms with Crippen LogP contribution in [0.25, 0.3) is 0 Å². The van der Waals surface area contributed by atoms with Crippen molar-refractivity contribution in [3.05, 3.63) is 0 Å². The zero-order valence-corrected chi connectivity index (χ0v) is 19.1. The standard InChI is InChI=1S/C20H36N2O10/c1-19(2)29-13(15(31-19)17(27)21(5-9-23)6-10-24)14-16(32-20(3,4)30-14)18(28)22(7-11-25)8-12-26/h13-16,23-26H,5-12H2,1-4H3/t13?,14?,15-,16+. The van der Waals surface area contributed by atoms with Crippen molar-refractivity contribution in [3.63, 3.8) is 0 Å². The van der Waals surface area contributed by atoms with Crippen molar-refractivity contribution in [2.24, 2.45) is 0 Å². The first kappa shape index (κ1) is 26.9. The topological polar surface area (TPSA) is 158 Å². The van der Waals surface area contributed by atoms with Crippen LogP contribution in [-0.2, 0) is 28.5 Å². The smallest absolute Gasteiger partial charge is 0.254 e. The normalized spacial score (nSPS) is 28.6. The van der Waals surface area contributed by atoms with E-state index < -0.39 is 47.8 Å². The molecule has 2 rings (SSSR count). The van der Waals surface area contributed by atoms with Gasteiger partial charge in [0, 0.05) is 26.2 Å². The summed E-state index contributed by atoms with van der Waals surface area (Å²) >= 11 is 0. The third-order valence-electron chi connectivity index (χ3n) is 5.17. The van der Waals surface area contributed by atoms with E-state index in [1.165, 1.54) is 9.80 Å². The summed E-state index contributed by atoms with van der Waals surface area (Å²) in [7, 11) is 0. The van der Waals surface area contributed by atoms with Crippen LogP contribution in [0.3, 0.4) is 0 Å². The van der Waals surface area contributed by atoms with E-state index in [2.05, 4.69) is 0 Å². The maximum atomic E-state index is 13.2. The van der Waals surface area contributed by atoms with Gasteiger partial charge in [0.1, 0.15) is 12.2 Å². The van der Waals surface area contributed by atoms with Crippen LogP contribution in [-0.4, -0.2) is 131 Å². The summed E-state index contributed by atoms with van der Waals surface area (Å²) < 4.78 is 23.6. The highest BCUT2D eigenvalue weighted by molar-refractivity contribution is 5.84. The molecule has 2 aliphatic heterocycles. The Morgan fingerprint density at radius 1 is 0.625 bits per heavy atom. The number of nitrogens with zero attached hydrogens (tertiary/aromatic N) is 2. The van der Waals surface area contributed by atoms with Crippen molar-refractivity contribution in [2.45, 2.75) is 63.7 Å². The fraction of sp³-hybridized carbons (Fsp3) is 0.900. The van der Waals surface area contributed by atoms with Gasteiger partial charge in [0.2, 0.25) is 0 Å². The number of carbonyl (C=O) groups excluding carboxylic acids is 2. The highest BCUT2D eigenvalue weighted by atomic mass is 16.8. The van der Waals surface area contributed by atoms with Crippen LogP contribution in [0.1, 0.15) is 27.7 Å². The molecule has 2 amide bonds. The minimum atomic E-state index is -1.18. The van der Waals surface area contributed by atoms with Crippen molar-refractivity contribution < 1.29 is 49.0 Å². The van der Waals surface area contributed by atoms with Gasteiger partial charge in [0.15, 0.2) is 23.8 Å². The Labute approximate surface area is 187 Å². The van der Waals surface area contributed by atoms with Crippen LogP contribution >= 0.6 is 0 Å². The average molecular weight is 465 g/mol. The number of ether oxygens (including phenoxy) is 4. The van der Waals surface area contributed by atoms with E-state index in [0.717, 1.165) is 0 Å². The van der Waals surface area contributed by atoms with Gasteiger partial charge in [-0.15, -0.1) is 0 Å². The quantitative estimate of drug-likeness (QED) is 0.261. The molecule has 0 aromatic heterocycles. The first-order valence-electron chi connectivity index (χ1n) is 10.7. The second-order valence-corrected chi connectivity index (χ2v) is 8.59. The van der Waals surface area contributed by atoms with E-state index in [0.29, 0.717) is 0 Å². The molecule has 0 saturated carbocycles. The number of hydrogen-bond acceptors (Lipinski definition) is 10. The highest BCUT2D eigenvalue weighted by Gasteiger charge is 2.58. The third-order valence-corrected chi connectivity index (χ3v) is 5.17.